The minimum absolute atomic E-state index is 0.291. The zero-order valence-corrected chi connectivity index (χ0v) is 15.7. The number of hydrogen-bond donors (Lipinski definition) is 3. The van der Waals surface area contributed by atoms with Crippen LogP contribution in [-0.4, -0.2) is 34.4 Å². The second-order valence-corrected chi connectivity index (χ2v) is 7.58. The summed E-state index contributed by atoms with van der Waals surface area (Å²) in [5, 5.41) is 25.9. The van der Waals surface area contributed by atoms with Crippen molar-refractivity contribution in [2.24, 2.45) is 0 Å². The zero-order valence-electron chi connectivity index (χ0n) is 15.7. The van der Waals surface area contributed by atoms with Gasteiger partial charge in [0, 0.05) is 23.7 Å². The molecule has 1 fully saturated rings. The van der Waals surface area contributed by atoms with Crippen LogP contribution in [0.25, 0.3) is 11.3 Å². The van der Waals surface area contributed by atoms with E-state index in [1.54, 1.807) is 6.92 Å². The zero-order chi connectivity index (χ0) is 19.9. The van der Waals surface area contributed by atoms with Crippen LogP contribution in [0.2, 0.25) is 0 Å². The van der Waals surface area contributed by atoms with Gasteiger partial charge in [-0.1, -0.05) is 0 Å². The maximum absolute atomic E-state index is 13.0. The Morgan fingerprint density at radius 1 is 1.14 bits per heavy atom. The van der Waals surface area contributed by atoms with Crippen molar-refractivity contribution in [3.63, 3.8) is 0 Å². The fourth-order valence-electron chi connectivity index (χ4n) is 4.21. The van der Waals surface area contributed by atoms with E-state index in [1.165, 1.54) is 0 Å². The van der Waals surface area contributed by atoms with Crippen LogP contribution in [0.1, 0.15) is 41.5 Å². The van der Waals surface area contributed by atoms with E-state index in [0.717, 1.165) is 74.3 Å². The van der Waals surface area contributed by atoms with Gasteiger partial charge in [-0.3, -0.25) is 0 Å². The highest BCUT2D eigenvalue weighted by Crippen LogP contribution is 2.42. The van der Waals surface area contributed by atoms with Gasteiger partial charge in [0.15, 0.2) is 5.82 Å². The average molecular weight is 392 g/mol. The highest BCUT2D eigenvalue weighted by Gasteiger charge is 2.33. The third kappa shape index (κ3) is 3.53. The molecule has 1 aliphatic heterocycles. The van der Waals surface area contributed by atoms with Gasteiger partial charge in [0.05, 0.1) is 5.56 Å². The molecule has 0 spiro atoms. The number of phenols is 1. The molecular weight excluding hydrogens is 369 g/mol. The summed E-state index contributed by atoms with van der Waals surface area (Å²) in [4.78, 5) is 0. The standard InChI is InChI=1S/C20H23F3N4O/c1-11-8-12(20(21,22)23)9-16(28)17(11)18-14-5-2-6-15(14)19(27-26-18)25-13-4-3-7-24-10-13/h8-9,13,24,28H,2-7,10H2,1H3,(H,25,27)/t13-/m1/s1. The summed E-state index contributed by atoms with van der Waals surface area (Å²) in [5.74, 6) is 0.349. The van der Waals surface area contributed by atoms with E-state index >= 15 is 0 Å². The summed E-state index contributed by atoms with van der Waals surface area (Å²) in [5.41, 5.74) is 2.34. The van der Waals surface area contributed by atoms with Crippen LogP contribution < -0.4 is 10.6 Å². The summed E-state index contributed by atoms with van der Waals surface area (Å²) in [7, 11) is 0. The van der Waals surface area contributed by atoms with Crippen LogP contribution in [0.4, 0.5) is 19.0 Å². The molecule has 0 amide bonds. The predicted molar refractivity (Wildman–Crippen MR) is 100 cm³/mol. The van der Waals surface area contributed by atoms with E-state index in [4.69, 9.17) is 0 Å². The number of anilines is 1. The Labute approximate surface area is 161 Å². The topological polar surface area (TPSA) is 70.1 Å². The lowest BCUT2D eigenvalue weighted by molar-refractivity contribution is -0.137. The number of phenolic OH excluding ortho intramolecular Hbond substituents is 1. The Balaban J connectivity index is 1.73. The quantitative estimate of drug-likeness (QED) is 0.741. The van der Waals surface area contributed by atoms with Gasteiger partial charge in [0.25, 0.3) is 0 Å². The second kappa shape index (κ2) is 7.24. The van der Waals surface area contributed by atoms with Crippen LogP contribution in [0.5, 0.6) is 5.75 Å². The van der Waals surface area contributed by atoms with Crippen molar-refractivity contribution in [2.45, 2.75) is 51.2 Å². The molecule has 1 aromatic heterocycles. The van der Waals surface area contributed by atoms with E-state index in [0.29, 0.717) is 22.9 Å². The molecule has 1 aliphatic carbocycles. The fourth-order valence-corrected chi connectivity index (χ4v) is 4.21. The van der Waals surface area contributed by atoms with Gasteiger partial charge in [-0.2, -0.15) is 13.2 Å². The van der Waals surface area contributed by atoms with Gasteiger partial charge in [-0.25, -0.2) is 0 Å². The molecule has 28 heavy (non-hydrogen) atoms. The minimum Gasteiger partial charge on any atom is -0.507 e. The first-order valence-electron chi connectivity index (χ1n) is 9.61. The van der Waals surface area contributed by atoms with Crippen molar-refractivity contribution in [1.29, 1.82) is 0 Å². The molecule has 0 unspecified atom stereocenters. The number of aromatic hydroxyl groups is 1. The number of nitrogens with zero attached hydrogens (tertiary/aromatic N) is 2. The molecule has 2 aliphatic rings. The Hall–Kier alpha value is -2.35. The number of piperidine rings is 1. The minimum atomic E-state index is -4.50. The Kier molecular flexibility index (Phi) is 4.91. The van der Waals surface area contributed by atoms with Crippen molar-refractivity contribution >= 4 is 5.82 Å². The van der Waals surface area contributed by atoms with Crippen LogP contribution in [-0.2, 0) is 19.0 Å². The molecular formula is C20H23F3N4O. The Morgan fingerprint density at radius 3 is 2.61 bits per heavy atom. The van der Waals surface area contributed by atoms with Gasteiger partial charge >= 0.3 is 6.18 Å². The molecule has 1 atom stereocenters. The summed E-state index contributed by atoms with van der Waals surface area (Å²) in [6.45, 7) is 3.46. The van der Waals surface area contributed by atoms with E-state index in [2.05, 4.69) is 20.8 Å². The van der Waals surface area contributed by atoms with E-state index in [-0.39, 0.29) is 0 Å². The smallest absolute Gasteiger partial charge is 0.416 e. The monoisotopic (exact) mass is 392 g/mol. The van der Waals surface area contributed by atoms with Crippen molar-refractivity contribution in [3.05, 3.63) is 34.4 Å². The molecule has 2 aromatic rings. The largest absolute Gasteiger partial charge is 0.507 e. The molecule has 0 saturated carbocycles. The second-order valence-electron chi connectivity index (χ2n) is 7.58. The average Bonchev–Trinajstić information content (AvgIpc) is 3.13. The SMILES string of the molecule is Cc1cc(C(F)(F)F)cc(O)c1-c1nnc(N[C@@H]2CCCNC2)c2c1CCC2. The van der Waals surface area contributed by atoms with Gasteiger partial charge in [-0.15, -0.1) is 10.2 Å². The Morgan fingerprint density at radius 2 is 1.93 bits per heavy atom. The van der Waals surface area contributed by atoms with Gasteiger partial charge < -0.3 is 15.7 Å². The van der Waals surface area contributed by atoms with Crippen LogP contribution in [0, 0.1) is 6.92 Å². The maximum Gasteiger partial charge on any atom is 0.416 e. The van der Waals surface area contributed by atoms with Crippen molar-refractivity contribution in [2.75, 3.05) is 18.4 Å². The lowest BCUT2D eigenvalue weighted by Crippen LogP contribution is -2.38. The first-order valence-corrected chi connectivity index (χ1v) is 9.61. The number of halogens is 3. The third-order valence-corrected chi connectivity index (χ3v) is 5.56. The predicted octanol–water partition coefficient (Wildman–Crippen LogP) is 3.83. The summed E-state index contributed by atoms with van der Waals surface area (Å²) in [6, 6.07) is 2.11. The number of fused-ring (bicyclic) bond motifs is 1. The number of alkyl halides is 3. The number of aromatic nitrogens is 2. The first-order chi connectivity index (χ1) is 13.3. The molecule has 1 aromatic carbocycles. The number of aryl methyl sites for hydroxylation is 1. The van der Waals surface area contributed by atoms with Gasteiger partial charge in [-0.05, 0) is 68.8 Å². The number of hydrogen-bond acceptors (Lipinski definition) is 5. The number of rotatable bonds is 3. The van der Waals surface area contributed by atoms with Crippen molar-refractivity contribution in [3.8, 4) is 17.0 Å². The summed E-state index contributed by atoms with van der Waals surface area (Å²) in [6.07, 6.45) is 0.219. The highest BCUT2D eigenvalue weighted by atomic mass is 19.4. The van der Waals surface area contributed by atoms with Crippen molar-refractivity contribution < 1.29 is 18.3 Å². The van der Waals surface area contributed by atoms with Crippen LogP contribution in [0.15, 0.2) is 12.1 Å². The van der Waals surface area contributed by atoms with Crippen LogP contribution in [0.3, 0.4) is 0 Å². The van der Waals surface area contributed by atoms with E-state index in [1.807, 2.05) is 0 Å². The van der Waals surface area contributed by atoms with E-state index < -0.39 is 17.5 Å². The lowest BCUT2D eigenvalue weighted by atomic mass is 9.96. The molecule has 5 nitrogen and oxygen atoms in total. The fraction of sp³-hybridized carbons (Fsp3) is 0.500. The molecule has 150 valence electrons. The van der Waals surface area contributed by atoms with E-state index in [9.17, 15) is 18.3 Å². The lowest BCUT2D eigenvalue weighted by Gasteiger charge is -2.25. The molecule has 3 N–H and O–H groups in total. The molecule has 2 heterocycles. The normalized spacial score (nSPS) is 19.5. The maximum atomic E-state index is 13.0. The molecule has 8 heteroatoms. The highest BCUT2D eigenvalue weighted by molar-refractivity contribution is 5.76. The summed E-state index contributed by atoms with van der Waals surface area (Å²) >= 11 is 0. The van der Waals surface area contributed by atoms with Gasteiger partial charge in [0.1, 0.15) is 11.4 Å². The summed E-state index contributed by atoms with van der Waals surface area (Å²) < 4.78 is 39.1. The van der Waals surface area contributed by atoms with Gasteiger partial charge in [0.2, 0.25) is 0 Å². The molecule has 0 radical (unpaired) electrons. The third-order valence-electron chi connectivity index (χ3n) is 5.56. The molecule has 4 rings (SSSR count). The molecule has 0 bridgehead atoms. The number of benzene rings is 1. The first kappa shape index (κ1) is 19.0. The van der Waals surface area contributed by atoms with Crippen LogP contribution >= 0.6 is 0 Å². The Bertz CT molecular complexity index is 869. The molecule has 1 saturated heterocycles. The van der Waals surface area contributed by atoms with Crippen molar-refractivity contribution in [1.82, 2.24) is 15.5 Å². The number of nitrogens with one attached hydrogen (secondary N) is 2.